The SMILES string of the molecule is O=C(CC(c1ccc(C(F)(F)F)cc1)c1cn(Cc2ccc(F)cc2)c2ccccc12)NCCN1CCOCC1. The van der Waals surface area contributed by atoms with Crippen molar-refractivity contribution >= 4 is 16.8 Å². The maximum atomic E-state index is 13.5. The molecule has 4 aromatic rings. The van der Waals surface area contributed by atoms with Crippen molar-refractivity contribution in [3.63, 3.8) is 0 Å². The molecule has 40 heavy (non-hydrogen) atoms. The molecule has 210 valence electrons. The molecule has 1 aromatic heterocycles. The van der Waals surface area contributed by atoms with Gasteiger partial charge in [0.1, 0.15) is 5.82 Å². The molecular weight excluding hydrogens is 522 g/mol. The molecular formula is C31H31F4N3O2. The van der Waals surface area contributed by atoms with Crippen molar-refractivity contribution < 1.29 is 27.1 Å². The van der Waals surface area contributed by atoms with Crippen LogP contribution < -0.4 is 5.32 Å². The van der Waals surface area contributed by atoms with Gasteiger partial charge in [0.25, 0.3) is 0 Å². The van der Waals surface area contributed by atoms with E-state index in [0.717, 1.165) is 47.3 Å². The number of carbonyl (C=O) groups excluding carboxylic acids is 1. The Balaban J connectivity index is 1.44. The molecule has 3 aromatic carbocycles. The lowest BCUT2D eigenvalue weighted by atomic mass is 9.87. The molecule has 1 amide bonds. The highest BCUT2D eigenvalue weighted by Gasteiger charge is 2.31. The lowest BCUT2D eigenvalue weighted by Gasteiger charge is -2.26. The summed E-state index contributed by atoms with van der Waals surface area (Å²) in [6, 6.07) is 19.1. The van der Waals surface area contributed by atoms with Crippen LogP contribution in [0.1, 0.15) is 34.6 Å². The molecule has 1 saturated heterocycles. The van der Waals surface area contributed by atoms with Crippen LogP contribution in [0.5, 0.6) is 0 Å². The number of ether oxygens (including phenoxy) is 1. The minimum Gasteiger partial charge on any atom is -0.379 e. The van der Waals surface area contributed by atoms with Crippen LogP contribution in [0.4, 0.5) is 17.6 Å². The lowest BCUT2D eigenvalue weighted by Crippen LogP contribution is -2.41. The van der Waals surface area contributed by atoms with Gasteiger partial charge < -0.3 is 14.6 Å². The van der Waals surface area contributed by atoms with Gasteiger partial charge in [-0.2, -0.15) is 13.2 Å². The maximum Gasteiger partial charge on any atom is 0.416 e. The minimum atomic E-state index is -4.45. The number of nitrogens with zero attached hydrogens (tertiary/aromatic N) is 2. The molecule has 2 heterocycles. The van der Waals surface area contributed by atoms with E-state index < -0.39 is 17.7 Å². The Bertz CT molecular complexity index is 1430. The number of hydrogen-bond donors (Lipinski definition) is 1. The number of halogens is 4. The molecule has 0 aliphatic carbocycles. The van der Waals surface area contributed by atoms with E-state index in [2.05, 4.69) is 10.2 Å². The van der Waals surface area contributed by atoms with Crippen LogP contribution in [0.2, 0.25) is 0 Å². The number of aromatic nitrogens is 1. The van der Waals surface area contributed by atoms with Gasteiger partial charge in [-0.15, -0.1) is 0 Å². The summed E-state index contributed by atoms with van der Waals surface area (Å²) in [4.78, 5) is 15.4. The van der Waals surface area contributed by atoms with E-state index >= 15 is 0 Å². The van der Waals surface area contributed by atoms with Gasteiger partial charge in [0.05, 0.1) is 18.8 Å². The molecule has 5 rings (SSSR count). The molecule has 0 radical (unpaired) electrons. The van der Waals surface area contributed by atoms with Gasteiger partial charge in [0, 0.05) is 62.2 Å². The first-order valence-corrected chi connectivity index (χ1v) is 13.3. The third-order valence-electron chi connectivity index (χ3n) is 7.34. The summed E-state index contributed by atoms with van der Waals surface area (Å²) in [5, 5.41) is 3.90. The Kier molecular flexibility index (Phi) is 8.52. The van der Waals surface area contributed by atoms with Crippen LogP contribution in [0.15, 0.2) is 79.0 Å². The average Bonchev–Trinajstić information content (AvgIpc) is 3.31. The van der Waals surface area contributed by atoms with Gasteiger partial charge in [-0.25, -0.2) is 4.39 Å². The van der Waals surface area contributed by atoms with Gasteiger partial charge in [-0.05, 0) is 47.0 Å². The van der Waals surface area contributed by atoms with Crippen LogP contribution in [0, 0.1) is 5.82 Å². The quantitative estimate of drug-likeness (QED) is 0.266. The van der Waals surface area contributed by atoms with E-state index in [1.54, 1.807) is 12.1 Å². The predicted molar refractivity (Wildman–Crippen MR) is 146 cm³/mol. The summed E-state index contributed by atoms with van der Waals surface area (Å²) in [6.45, 7) is 4.64. The molecule has 0 spiro atoms. The minimum absolute atomic E-state index is 0.0824. The predicted octanol–water partition coefficient (Wildman–Crippen LogP) is 5.82. The fourth-order valence-corrected chi connectivity index (χ4v) is 5.22. The number of nitrogens with one attached hydrogen (secondary N) is 1. The van der Waals surface area contributed by atoms with Gasteiger partial charge in [-0.1, -0.05) is 42.5 Å². The van der Waals surface area contributed by atoms with Crippen LogP contribution in [0.3, 0.4) is 0 Å². The van der Waals surface area contributed by atoms with Crippen molar-refractivity contribution in [2.45, 2.75) is 25.1 Å². The average molecular weight is 554 g/mol. The largest absolute Gasteiger partial charge is 0.416 e. The Morgan fingerprint density at radius 2 is 1.65 bits per heavy atom. The first-order valence-electron chi connectivity index (χ1n) is 13.3. The molecule has 0 bridgehead atoms. The Labute approximate surface area is 230 Å². The van der Waals surface area contributed by atoms with E-state index in [9.17, 15) is 22.4 Å². The Morgan fingerprint density at radius 1 is 0.950 bits per heavy atom. The molecule has 1 fully saturated rings. The van der Waals surface area contributed by atoms with Gasteiger partial charge in [0.15, 0.2) is 0 Å². The van der Waals surface area contributed by atoms with Crippen molar-refractivity contribution in [2.75, 3.05) is 39.4 Å². The molecule has 0 saturated carbocycles. The molecule has 1 atom stereocenters. The van der Waals surface area contributed by atoms with E-state index in [4.69, 9.17) is 4.74 Å². The fourth-order valence-electron chi connectivity index (χ4n) is 5.22. The van der Waals surface area contributed by atoms with Crippen LogP contribution >= 0.6 is 0 Å². The van der Waals surface area contributed by atoms with Crippen molar-refractivity contribution in [3.8, 4) is 0 Å². The number of benzene rings is 3. The molecule has 1 unspecified atom stereocenters. The van der Waals surface area contributed by atoms with Gasteiger partial charge >= 0.3 is 6.18 Å². The smallest absolute Gasteiger partial charge is 0.379 e. The zero-order valence-electron chi connectivity index (χ0n) is 22.0. The van der Waals surface area contributed by atoms with E-state index in [0.29, 0.717) is 38.4 Å². The number of carbonyl (C=O) groups is 1. The van der Waals surface area contributed by atoms with Crippen LogP contribution in [-0.4, -0.2) is 54.8 Å². The van der Waals surface area contributed by atoms with Crippen molar-refractivity contribution in [1.82, 2.24) is 14.8 Å². The summed E-state index contributed by atoms with van der Waals surface area (Å²) in [5.41, 5.74) is 2.57. The standard InChI is InChI=1S/C31H31F4N3O2/c32-25-11-5-22(6-12-25)20-38-21-28(26-3-1-2-4-29(26)38)27(23-7-9-24(10-8-23)31(33,34)35)19-30(39)36-13-14-37-15-17-40-18-16-37/h1-12,21,27H,13-20H2,(H,36,39). The number of fused-ring (bicyclic) bond motifs is 1. The molecule has 1 aliphatic heterocycles. The van der Waals surface area contributed by atoms with Crippen molar-refractivity contribution in [1.29, 1.82) is 0 Å². The number of alkyl halides is 3. The summed E-state index contributed by atoms with van der Waals surface area (Å²) >= 11 is 0. The summed E-state index contributed by atoms with van der Waals surface area (Å²) < 4.78 is 60.7. The first-order chi connectivity index (χ1) is 19.3. The highest BCUT2D eigenvalue weighted by atomic mass is 19.4. The van der Waals surface area contributed by atoms with E-state index in [-0.39, 0.29) is 18.1 Å². The van der Waals surface area contributed by atoms with Crippen LogP contribution in [0.25, 0.3) is 10.9 Å². The maximum absolute atomic E-state index is 13.5. The second-order valence-electron chi connectivity index (χ2n) is 10.0. The first kappa shape index (κ1) is 27.9. The zero-order chi connectivity index (χ0) is 28.1. The van der Waals surface area contributed by atoms with Gasteiger partial charge in [0.2, 0.25) is 5.91 Å². The second-order valence-corrected chi connectivity index (χ2v) is 10.0. The number of hydrogen-bond acceptors (Lipinski definition) is 3. The van der Waals surface area contributed by atoms with Crippen molar-refractivity contribution in [3.05, 3.63) is 107 Å². The number of morpholine rings is 1. The highest BCUT2D eigenvalue weighted by molar-refractivity contribution is 5.86. The van der Waals surface area contributed by atoms with E-state index in [1.807, 2.05) is 35.0 Å². The number of para-hydroxylation sites is 1. The highest BCUT2D eigenvalue weighted by Crippen LogP contribution is 2.37. The lowest BCUT2D eigenvalue weighted by molar-refractivity contribution is -0.137. The molecule has 1 N–H and O–H groups in total. The Hall–Kier alpha value is -3.69. The van der Waals surface area contributed by atoms with Gasteiger partial charge in [-0.3, -0.25) is 9.69 Å². The van der Waals surface area contributed by atoms with Crippen molar-refractivity contribution in [2.24, 2.45) is 0 Å². The zero-order valence-corrected chi connectivity index (χ0v) is 22.0. The number of amides is 1. The Morgan fingerprint density at radius 3 is 2.35 bits per heavy atom. The fraction of sp³-hybridized carbons (Fsp3) is 0.323. The number of rotatable bonds is 9. The summed E-state index contributed by atoms with van der Waals surface area (Å²) in [6.07, 6.45) is -2.41. The topological polar surface area (TPSA) is 46.5 Å². The third-order valence-corrected chi connectivity index (χ3v) is 7.34. The normalized spacial score (nSPS) is 15.3. The summed E-state index contributed by atoms with van der Waals surface area (Å²) in [7, 11) is 0. The third kappa shape index (κ3) is 6.71. The van der Waals surface area contributed by atoms with Crippen LogP contribution in [-0.2, 0) is 22.3 Å². The van der Waals surface area contributed by atoms with E-state index in [1.165, 1.54) is 24.3 Å². The second kappa shape index (κ2) is 12.2. The molecule has 5 nitrogen and oxygen atoms in total. The molecule has 1 aliphatic rings. The molecule has 9 heteroatoms. The monoisotopic (exact) mass is 553 g/mol. The summed E-state index contributed by atoms with van der Waals surface area (Å²) in [5.74, 6) is -0.956.